The SMILES string of the molecule is CCC(NC1CC(C)N(C)CC1C)C1CCCCC1. The van der Waals surface area contributed by atoms with E-state index in [1.807, 2.05) is 0 Å². The molecule has 1 aliphatic heterocycles. The lowest BCUT2D eigenvalue weighted by atomic mass is 9.81. The Morgan fingerprint density at radius 1 is 1.16 bits per heavy atom. The molecular weight excluding hydrogens is 232 g/mol. The number of hydrogen-bond acceptors (Lipinski definition) is 2. The summed E-state index contributed by atoms with van der Waals surface area (Å²) in [5, 5.41) is 4.05. The molecular formula is C17H34N2. The normalized spacial score (nSPS) is 36.3. The van der Waals surface area contributed by atoms with E-state index in [1.54, 1.807) is 0 Å². The molecule has 4 unspecified atom stereocenters. The highest BCUT2D eigenvalue weighted by Crippen LogP contribution is 2.29. The summed E-state index contributed by atoms with van der Waals surface area (Å²) in [6, 6.07) is 2.24. The Morgan fingerprint density at radius 3 is 2.47 bits per heavy atom. The van der Waals surface area contributed by atoms with Gasteiger partial charge in [0.2, 0.25) is 0 Å². The van der Waals surface area contributed by atoms with Gasteiger partial charge in [-0.25, -0.2) is 0 Å². The van der Waals surface area contributed by atoms with Crippen molar-refractivity contribution in [3.8, 4) is 0 Å². The van der Waals surface area contributed by atoms with E-state index in [2.05, 4.69) is 38.0 Å². The van der Waals surface area contributed by atoms with Crippen molar-refractivity contribution in [1.82, 2.24) is 10.2 Å². The maximum Gasteiger partial charge on any atom is 0.0122 e. The van der Waals surface area contributed by atoms with Crippen molar-refractivity contribution in [3.63, 3.8) is 0 Å². The molecule has 1 N–H and O–H groups in total. The highest BCUT2D eigenvalue weighted by atomic mass is 15.2. The molecule has 0 aromatic carbocycles. The van der Waals surface area contributed by atoms with Gasteiger partial charge in [0.25, 0.3) is 0 Å². The summed E-state index contributed by atoms with van der Waals surface area (Å²) >= 11 is 0. The molecule has 0 bridgehead atoms. The van der Waals surface area contributed by atoms with Crippen LogP contribution in [0.15, 0.2) is 0 Å². The molecule has 19 heavy (non-hydrogen) atoms. The Hall–Kier alpha value is -0.0800. The van der Waals surface area contributed by atoms with Crippen LogP contribution in [0.4, 0.5) is 0 Å². The molecule has 0 amide bonds. The summed E-state index contributed by atoms with van der Waals surface area (Å²) in [7, 11) is 2.27. The number of nitrogens with one attached hydrogen (secondary N) is 1. The fourth-order valence-electron chi connectivity index (χ4n) is 4.17. The maximum atomic E-state index is 4.05. The van der Waals surface area contributed by atoms with Crippen molar-refractivity contribution < 1.29 is 0 Å². The van der Waals surface area contributed by atoms with Gasteiger partial charge in [0.05, 0.1) is 0 Å². The largest absolute Gasteiger partial charge is 0.311 e. The number of nitrogens with zero attached hydrogens (tertiary/aromatic N) is 1. The molecule has 2 heteroatoms. The number of likely N-dealkylation sites (tertiary alicyclic amines) is 1. The monoisotopic (exact) mass is 266 g/mol. The minimum Gasteiger partial charge on any atom is -0.311 e. The van der Waals surface area contributed by atoms with Crippen molar-refractivity contribution in [2.24, 2.45) is 11.8 Å². The summed E-state index contributed by atoms with van der Waals surface area (Å²) in [4.78, 5) is 2.52. The molecule has 2 fully saturated rings. The average molecular weight is 266 g/mol. The zero-order valence-corrected chi connectivity index (χ0v) is 13.5. The van der Waals surface area contributed by atoms with Crippen molar-refractivity contribution in [2.75, 3.05) is 13.6 Å². The van der Waals surface area contributed by atoms with E-state index in [9.17, 15) is 0 Å². The highest BCUT2D eigenvalue weighted by molar-refractivity contribution is 4.90. The molecule has 2 rings (SSSR count). The van der Waals surface area contributed by atoms with Gasteiger partial charge in [-0.3, -0.25) is 0 Å². The summed E-state index contributed by atoms with van der Waals surface area (Å²) in [6.07, 6.45) is 9.93. The third kappa shape index (κ3) is 3.95. The Kier molecular flexibility index (Phi) is 5.70. The van der Waals surface area contributed by atoms with Crippen molar-refractivity contribution in [1.29, 1.82) is 0 Å². The van der Waals surface area contributed by atoms with Crippen LogP contribution in [0.5, 0.6) is 0 Å². The predicted octanol–water partition coefficient (Wildman–Crippen LogP) is 3.66. The summed E-state index contributed by atoms with van der Waals surface area (Å²) in [5.41, 5.74) is 0. The first-order valence-electron chi connectivity index (χ1n) is 8.58. The van der Waals surface area contributed by atoms with Gasteiger partial charge in [-0.2, -0.15) is 0 Å². The topological polar surface area (TPSA) is 15.3 Å². The summed E-state index contributed by atoms with van der Waals surface area (Å²) in [6.45, 7) is 8.42. The Labute approximate surface area is 120 Å². The summed E-state index contributed by atoms with van der Waals surface area (Å²) < 4.78 is 0. The number of hydrogen-bond donors (Lipinski definition) is 1. The first-order valence-corrected chi connectivity index (χ1v) is 8.58. The van der Waals surface area contributed by atoms with E-state index in [0.717, 1.165) is 30.0 Å². The molecule has 2 aliphatic rings. The molecule has 4 atom stereocenters. The van der Waals surface area contributed by atoms with Crippen LogP contribution in [0.25, 0.3) is 0 Å². The van der Waals surface area contributed by atoms with E-state index in [1.165, 1.54) is 51.5 Å². The smallest absolute Gasteiger partial charge is 0.0122 e. The molecule has 0 aromatic heterocycles. The van der Waals surface area contributed by atoms with Crippen LogP contribution in [-0.2, 0) is 0 Å². The zero-order chi connectivity index (χ0) is 13.8. The van der Waals surface area contributed by atoms with Gasteiger partial charge in [0.1, 0.15) is 0 Å². The van der Waals surface area contributed by atoms with Gasteiger partial charge in [-0.15, -0.1) is 0 Å². The molecule has 0 aromatic rings. The Bertz CT molecular complexity index is 260. The minimum atomic E-state index is 0.734. The van der Waals surface area contributed by atoms with E-state index >= 15 is 0 Å². The molecule has 1 aliphatic carbocycles. The number of rotatable bonds is 4. The van der Waals surface area contributed by atoms with Crippen molar-refractivity contribution in [2.45, 2.75) is 83.8 Å². The van der Waals surface area contributed by atoms with Gasteiger partial charge in [-0.05, 0) is 51.5 Å². The third-order valence-corrected chi connectivity index (χ3v) is 5.70. The molecule has 0 spiro atoms. The summed E-state index contributed by atoms with van der Waals surface area (Å²) in [5.74, 6) is 1.74. The molecule has 1 saturated heterocycles. The fourth-order valence-corrected chi connectivity index (χ4v) is 4.17. The van der Waals surface area contributed by atoms with Gasteiger partial charge in [-0.1, -0.05) is 33.1 Å². The van der Waals surface area contributed by atoms with Crippen LogP contribution in [0.3, 0.4) is 0 Å². The molecule has 112 valence electrons. The predicted molar refractivity (Wildman–Crippen MR) is 83.5 cm³/mol. The second kappa shape index (κ2) is 7.08. The minimum absolute atomic E-state index is 0.734. The molecule has 1 saturated carbocycles. The van der Waals surface area contributed by atoms with Crippen LogP contribution < -0.4 is 5.32 Å². The zero-order valence-electron chi connectivity index (χ0n) is 13.5. The lowest BCUT2D eigenvalue weighted by Gasteiger charge is -2.43. The first-order chi connectivity index (χ1) is 9.11. The fraction of sp³-hybridized carbons (Fsp3) is 1.00. The first kappa shape index (κ1) is 15.3. The van der Waals surface area contributed by atoms with Crippen LogP contribution in [0, 0.1) is 11.8 Å². The van der Waals surface area contributed by atoms with E-state index < -0.39 is 0 Å². The van der Waals surface area contributed by atoms with Gasteiger partial charge in [0.15, 0.2) is 0 Å². The van der Waals surface area contributed by atoms with Crippen molar-refractivity contribution in [3.05, 3.63) is 0 Å². The quantitative estimate of drug-likeness (QED) is 0.835. The van der Waals surface area contributed by atoms with E-state index in [-0.39, 0.29) is 0 Å². The standard InChI is InChI=1S/C17H34N2/c1-5-16(15-9-7-6-8-10-15)18-17-11-14(3)19(4)12-13(17)2/h13-18H,5-12H2,1-4H3. The van der Waals surface area contributed by atoms with Crippen LogP contribution >= 0.6 is 0 Å². The van der Waals surface area contributed by atoms with Crippen LogP contribution in [0.1, 0.15) is 65.7 Å². The van der Waals surface area contributed by atoms with Gasteiger partial charge in [0, 0.05) is 24.7 Å². The van der Waals surface area contributed by atoms with Crippen molar-refractivity contribution >= 4 is 0 Å². The lowest BCUT2D eigenvalue weighted by Crippen LogP contribution is -2.54. The Balaban J connectivity index is 1.89. The highest BCUT2D eigenvalue weighted by Gasteiger charge is 2.32. The lowest BCUT2D eigenvalue weighted by molar-refractivity contribution is 0.104. The molecule has 1 heterocycles. The molecule has 0 radical (unpaired) electrons. The van der Waals surface area contributed by atoms with Crippen LogP contribution in [-0.4, -0.2) is 36.6 Å². The molecule has 2 nitrogen and oxygen atoms in total. The maximum absolute atomic E-state index is 4.05. The van der Waals surface area contributed by atoms with E-state index in [4.69, 9.17) is 0 Å². The van der Waals surface area contributed by atoms with Gasteiger partial charge < -0.3 is 10.2 Å². The number of piperidine rings is 1. The third-order valence-electron chi connectivity index (χ3n) is 5.70. The van der Waals surface area contributed by atoms with E-state index in [0.29, 0.717) is 0 Å². The average Bonchev–Trinajstić information content (AvgIpc) is 2.42. The Morgan fingerprint density at radius 2 is 1.84 bits per heavy atom. The van der Waals surface area contributed by atoms with Gasteiger partial charge >= 0.3 is 0 Å². The van der Waals surface area contributed by atoms with Crippen LogP contribution in [0.2, 0.25) is 0 Å². The second-order valence-corrected chi connectivity index (χ2v) is 7.19. The second-order valence-electron chi connectivity index (χ2n) is 7.19.